The molecular weight excluding hydrogens is 290 g/mol. The van der Waals surface area contributed by atoms with E-state index < -0.39 is 16.1 Å². The van der Waals surface area contributed by atoms with Crippen LogP contribution in [0.4, 0.5) is 4.79 Å². The number of carbonyl (C=O) groups is 1. The van der Waals surface area contributed by atoms with E-state index in [0.29, 0.717) is 11.8 Å². The van der Waals surface area contributed by atoms with E-state index in [1.54, 1.807) is 12.1 Å². The Morgan fingerprint density at radius 2 is 1.71 bits per heavy atom. The van der Waals surface area contributed by atoms with Crippen LogP contribution < -0.4 is 10.1 Å². The van der Waals surface area contributed by atoms with Gasteiger partial charge in [0.25, 0.3) is 10.0 Å². The molecule has 0 bridgehead atoms. The van der Waals surface area contributed by atoms with Crippen LogP contribution in [0.2, 0.25) is 0 Å². The molecule has 2 amide bonds. The van der Waals surface area contributed by atoms with E-state index in [4.69, 9.17) is 0 Å². The van der Waals surface area contributed by atoms with E-state index >= 15 is 0 Å². The van der Waals surface area contributed by atoms with Crippen LogP contribution in [0, 0.1) is 18.8 Å². The van der Waals surface area contributed by atoms with Gasteiger partial charge in [0.1, 0.15) is 0 Å². The van der Waals surface area contributed by atoms with Gasteiger partial charge in [-0.1, -0.05) is 17.7 Å². The zero-order valence-electron chi connectivity index (χ0n) is 11.9. The van der Waals surface area contributed by atoms with Crippen LogP contribution in [0.3, 0.4) is 0 Å². The quantitative estimate of drug-likeness (QED) is 0.880. The smallest absolute Gasteiger partial charge is 0.270 e. The fourth-order valence-electron chi connectivity index (χ4n) is 2.92. The van der Waals surface area contributed by atoms with Gasteiger partial charge in [-0.15, -0.1) is 0 Å². The minimum Gasteiger partial charge on any atom is -0.270 e. The summed E-state index contributed by atoms with van der Waals surface area (Å²) in [5, 5.41) is 1.81. The fourth-order valence-corrected chi connectivity index (χ4v) is 3.82. The van der Waals surface area contributed by atoms with E-state index in [0.717, 1.165) is 18.7 Å². The summed E-state index contributed by atoms with van der Waals surface area (Å²) >= 11 is 0. The van der Waals surface area contributed by atoms with Gasteiger partial charge in [0.05, 0.1) is 4.90 Å². The summed E-state index contributed by atoms with van der Waals surface area (Å²) in [6.07, 6.45) is 2.40. The fraction of sp³-hybridized carbons (Fsp3) is 0.500. The maximum absolute atomic E-state index is 12.1. The molecule has 114 valence electrons. The number of sulfonamides is 1. The molecular formula is C14H19N3O3S. The third-order valence-electron chi connectivity index (χ3n) is 4.30. The lowest BCUT2D eigenvalue weighted by atomic mass is 9.77. The lowest BCUT2D eigenvalue weighted by Gasteiger charge is -2.27. The van der Waals surface area contributed by atoms with Gasteiger partial charge in [-0.2, -0.15) is 0 Å². The van der Waals surface area contributed by atoms with E-state index in [-0.39, 0.29) is 4.90 Å². The topological polar surface area (TPSA) is 78.5 Å². The number of hydrazine groups is 1. The van der Waals surface area contributed by atoms with Gasteiger partial charge in [-0.05, 0) is 43.7 Å². The molecule has 1 aliphatic carbocycles. The molecule has 1 heterocycles. The number of benzene rings is 1. The molecule has 6 nitrogen and oxygen atoms in total. The van der Waals surface area contributed by atoms with Crippen molar-refractivity contribution in [3.8, 4) is 0 Å². The lowest BCUT2D eigenvalue weighted by Crippen LogP contribution is -2.47. The molecule has 1 saturated heterocycles. The van der Waals surface area contributed by atoms with Gasteiger partial charge < -0.3 is 0 Å². The summed E-state index contributed by atoms with van der Waals surface area (Å²) < 4.78 is 26.2. The van der Waals surface area contributed by atoms with E-state index in [1.165, 1.54) is 25.0 Å². The first-order valence-corrected chi connectivity index (χ1v) is 8.57. The van der Waals surface area contributed by atoms with Crippen molar-refractivity contribution in [2.75, 3.05) is 13.1 Å². The zero-order chi connectivity index (χ0) is 15.0. The van der Waals surface area contributed by atoms with Crippen LogP contribution in [-0.4, -0.2) is 32.5 Å². The second kappa shape index (κ2) is 5.31. The van der Waals surface area contributed by atoms with Crippen molar-refractivity contribution in [2.45, 2.75) is 24.7 Å². The third-order valence-corrected chi connectivity index (χ3v) is 5.65. The summed E-state index contributed by atoms with van der Waals surface area (Å²) in [5.74, 6) is 1.30. The van der Waals surface area contributed by atoms with Gasteiger partial charge in [0, 0.05) is 13.1 Å². The summed E-state index contributed by atoms with van der Waals surface area (Å²) in [5.41, 5.74) is 3.58. The Kier molecular flexibility index (Phi) is 3.62. The lowest BCUT2D eigenvalue weighted by molar-refractivity contribution is 0.199. The number of fused-ring (bicyclic) bond motifs is 1. The Hall–Kier alpha value is -1.60. The highest BCUT2D eigenvalue weighted by atomic mass is 32.2. The molecule has 0 radical (unpaired) electrons. The molecule has 3 rings (SSSR count). The first-order valence-electron chi connectivity index (χ1n) is 7.09. The van der Waals surface area contributed by atoms with Gasteiger partial charge in [0.15, 0.2) is 0 Å². The number of aryl methyl sites for hydroxylation is 1. The number of urea groups is 1. The Labute approximate surface area is 124 Å². The Bertz CT molecular complexity index is 630. The van der Waals surface area contributed by atoms with Crippen molar-refractivity contribution >= 4 is 16.1 Å². The molecule has 1 saturated carbocycles. The second-order valence-corrected chi connectivity index (χ2v) is 7.54. The predicted molar refractivity (Wildman–Crippen MR) is 77.8 cm³/mol. The normalized spacial score (nSPS) is 25.0. The van der Waals surface area contributed by atoms with E-state index in [1.807, 2.05) is 16.7 Å². The molecule has 1 aromatic carbocycles. The number of carbonyl (C=O) groups excluding carboxylic acids is 1. The minimum atomic E-state index is -3.82. The Morgan fingerprint density at radius 1 is 1.14 bits per heavy atom. The predicted octanol–water partition coefficient (Wildman–Crippen LogP) is 1.24. The number of nitrogens with zero attached hydrogens (tertiary/aromatic N) is 1. The minimum absolute atomic E-state index is 0.0877. The highest BCUT2D eigenvalue weighted by Gasteiger charge is 2.39. The number of hydrogen-bond acceptors (Lipinski definition) is 4. The van der Waals surface area contributed by atoms with Crippen molar-refractivity contribution in [2.24, 2.45) is 11.8 Å². The van der Waals surface area contributed by atoms with Gasteiger partial charge in [-0.25, -0.2) is 22.9 Å². The average molecular weight is 309 g/mol. The summed E-state index contributed by atoms with van der Waals surface area (Å²) in [6.45, 7) is 3.49. The molecule has 7 heteroatoms. The standard InChI is InChI=1S/C14H19N3O3S/c1-10-2-6-13(7-3-10)21(19,20)16-14(18)15-17-8-11-4-5-12(11)9-17/h2-3,6-7,11-12H,4-5,8-9H2,1H3,(H2,15,16,18). The first-order chi connectivity index (χ1) is 9.94. The molecule has 1 aromatic rings. The van der Waals surface area contributed by atoms with Crippen LogP contribution in [0.25, 0.3) is 0 Å². The van der Waals surface area contributed by atoms with E-state index in [9.17, 15) is 13.2 Å². The molecule has 2 fully saturated rings. The molecule has 1 aliphatic heterocycles. The van der Waals surface area contributed by atoms with Gasteiger partial charge >= 0.3 is 6.03 Å². The molecule has 2 aliphatic rings. The van der Waals surface area contributed by atoms with Crippen molar-refractivity contribution in [3.05, 3.63) is 29.8 Å². The third kappa shape index (κ3) is 3.03. The largest absolute Gasteiger partial charge is 0.343 e. The molecule has 2 unspecified atom stereocenters. The zero-order valence-corrected chi connectivity index (χ0v) is 12.7. The highest BCUT2D eigenvalue weighted by molar-refractivity contribution is 7.90. The van der Waals surface area contributed by atoms with Crippen molar-refractivity contribution in [1.29, 1.82) is 0 Å². The summed E-state index contributed by atoms with van der Waals surface area (Å²) in [6, 6.07) is 5.67. The summed E-state index contributed by atoms with van der Waals surface area (Å²) in [4.78, 5) is 11.9. The molecule has 0 aromatic heterocycles. The SMILES string of the molecule is Cc1ccc(S(=O)(=O)NC(=O)NN2CC3CCC3C2)cc1. The van der Waals surface area contributed by atoms with Crippen molar-refractivity contribution < 1.29 is 13.2 Å². The number of hydrogen-bond donors (Lipinski definition) is 2. The van der Waals surface area contributed by atoms with Crippen LogP contribution >= 0.6 is 0 Å². The Morgan fingerprint density at radius 3 is 2.24 bits per heavy atom. The number of amides is 2. The second-order valence-electron chi connectivity index (χ2n) is 5.86. The first kappa shape index (κ1) is 14.3. The molecule has 2 N–H and O–H groups in total. The van der Waals surface area contributed by atoms with Crippen LogP contribution in [0.5, 0.6) is 0 Å². The monoisotopic (exact) mass is 309 g/mol. The number of nitrogens with one attached hydrogen (secondary N) is 2. The van der Waals surface area contributed by atoms with Gasteiger partial charge in [0.2, 0.25) is 0 Å². The number of rotatable bonds is 3. The maximum atomic E-state index is 12.1. The molecule has 21 heavy (non-hydrogen) atoms. The van der Waals surface area contributed by atoms with Crippen molar-refractivity contribution in [1.82, 2.24) is 15.2 Å². The average Bonchev–Trinajstić information content (AvgIpc) is 2.65. The molecule has 0 spiro atoms. The maximum Gasteiger partial charge on any atom is 0.343 e. The van der Waals surface area contributed by atoms with Crippen molar-refractivity contribution in [3.63, 3.8) is 0 Å². The summed E-state index contributed by atoms with van der Waals surface area (Å²) in [7, 11) is -3.82. The van der Waals surface area contributed by atoms with Crippen LogP contribution in [0.1, 0.15) is 18.4 Å². The Balaban J connectivity index is 1.59. The van der Waals surface area contributed by atoms with Crippen LogP contribution in [0.15, 0.2) is 29.2 Å². The van der Waals surface area contributed by atoms with E-state index in [2.05, 4.69) is 5.43 Å². The molecule has 2 atom stereocenters. The van der Waals surface area contributed by atoms with Crippen LogP contribution in [-0.2, 0) is 10.0 Å². The highest BCUT2D eigenvalue weighted by Crippen LogP contribution is 2.39. The van der Waals surface area contributed by atoms with Gasteiger partial charge in [-0.3, -0.25) is 5.43 Å².